The lowest BCUT2D eigenvalue weighted by Crippen LogP contribution is -2.65. The molecule has 0 saturated heterocycles. The average molecular weight is 495 g/mol. The van der Waals surface area contributed by atoms with Gasteiger partial charge in [0.15, 0.2) is 5.76 Å². The normalized spacial score (nSPS) is 44.0. The van der Waals surface area contributed by atoms with Crippen LogP contribution >= 0.6 is 0 Å². The van der Waals surface area contributed by atoms with Gasteiger partial charge in [-0.15, -0.1) is 0 Å². The fraction of sp³-hybridized carbons (Fsp3) is 0.600. The summed E-state index contributed by atoms with van der Waals surface area (Å²) in [5.74, 6) is -1.09. The monoisotopic (exact) mass is 494 g/mol. The average Bonchev–Trinajstić information content (AvgIpc) is 2.83. The minimum atomic E-state index is -1.21. The first-order valence-corrected chi connectivity index (χ1v) is 12.9. The molecule has 6 heteroatoms. The van der Waals surface area contributed by atoms with Crippen molar-refractivity contribution >= 4 is 11.8 Å². The van der Waals surface area contributed by atoms with Crippen LogP contribution in [-0.2, 0) is 14.3 Å². The van der Waals surface area contributed by atoms with Crippen molar-refractivity contribution in [3.8, 4) is 0 Å². The number of rotatable bonds is 1. The predicted octanol–water partition coefficient (Wildman–Crippen LogP) is 4.65. The Morgan fingerprint density at radius 1 is 1.03 bits per heavy atom. The van der Waals surface area contributed by atoms with Crippen molar-refractivity contribution in [1.82, 2.24) is 0 Å². The summed E-state index contributed by atoms with van der Waals surface area (Å²) in [7, 11) is 1.33. The number of allylic oxidation sites excluding steroid dienone is 9. The second-order valence-electron chi connectivity index (χ2n) is 12.7. The Balaban J connectivity index is 1.69. The SMILES string of the molecule is COC(=O)[C@@]1(C)C[C@@H]2[C@@](C)(CC(C)=C3C4=CC=C5C(=CC(=O)C(O)=C5C)C4(C)CC[C@]32C)[C@H](O)[C@@H]1O. The predicted molar refractivity (Wildman–Crippen MR) is 136 cm³/mol. The Morgan fingerprint density at radius 3 is 2.33 bits per heavy atom. The highest BCUT2D eigenvalue weighted by atomic mass is 16.5. The van der Waals surface area contributed by atoms with Crippen molar-refractivity contribution < 1.29 is 29.6 Å². The highest BCUT2D eigenvalue weighted by Gasteiger charge is 2.67. The van der Waals surface area contributed by atoms with Gasteiger partial charge >= 0.3 is 5.97 Å². The number of methoxy groups -OCH3 is 1. The molecule has 0 radical (unpaired) electrons. The van der Waals surface area contributed by atoms with E-state index in [-0.39, 0.29) is 28.3 Å². The van der Waals surface area contributed by atoms with Crippen molar-refractivity contribution in [3.63, 3.8) is 0 Å². The lowest BCUT2D eigenvalue weighted by molar-refractivity contribution is -0.213. The van der Waals surface area contributed by atoms with Gasteiger partial charge in [-0.1, -0.05) is 38.5 Å². The van der Waals surface area contributed by atoms with Crippen LogP contribution in [0.5, 0.6) is 0 Å². The zero-order valence-corrected chi connectivity index (χ0v) is 22.4. The first-order chi connectivity index (χ1) is 16.7. The zero-order valence-electron chi connectivity index (χ0n) is 22.4. The van der Waals surface area contributed by atoms with Crippen LogP contribution in [0.25, 0.3) is 0 Å². The number of aliphatic hydroxyl groups is 3. The number of esters is 1. The van der Waals surface area contributed by atoms with E-state index in [0.29, 0.717) is 18.4 Å². The molecule has 6 nitrogen and oxygen atoms in total. The standard InChI is InChI=1S/C30H38O6/c1-15-13-29(5)21(14-30(6,26(35)36-7)25(34)24(29)33)28(4)11-10-27(3)18(22(15)28)9-8-17-16(2)23(32)20(31)12-19(17)27/h8-9,12,21,24-25,32-34H,10-11,13-14H2,1-7H3/t21-,24+,25-,27?,28-,29+,30-/m0/s1. The summed E-state index contributed by atoms with van der Waals surface area (Å²) in [6.07, 6.45) is 6.11. The highest BCUT2D eigenvalue weighted by molar-refractivity contribution is 6.06. The topological polar surface area (TPSA) is 104 Å². The van der Waals surface area contributed by atoms with Gasteiger partial charge in [-0.25, -0.2) is 0 Å². The lowest BCUT2D eigenvalue weighted by atomic mass is 9.40. The van der Waals surface area contributed by atoms with Crippen molar-refractivity contribution in [2.75, 3.05) is 7.11 Å². The number of ketones is 1. The molecule has 0 aromatic rings. The molecule has 2 saturated carbocycles. The fourth-order valence-corrected chi connectivity index (χ4v) is 8.57. The Bertz CT molecular complexity index is 1250. The summed E-state index contributed by atoms with van der Waals surface area (Å²) in [5, 5.41) is 32.9. The second-order valence-corrected chi connectivity index (χ2v) is 12.7. The van der Waals surface area contributed by atoms with Gasteiger partial charge in [-0.2, -0.15) is 0 Å². The van der Waals surface area contributed by atoms with Crippen molar-refractivity contribution in [3.05, 3.63) is 57.4 Å². The van der Waals surface area contributed by atoms with Gasteiger partial charge in [0.25, 0.3) is 0 Å². The van der Waals surface area contributed by atoms with Gasteiger partial charge in [-0.05, 0) is 86.2 Å². The Labute approximate surface area is 213 Å². The minimum absolute atomic E-state index is 0.0605. The smallest absolute Gasteiger partial charge is 0.314 e. The molecular formula is C30H38O6. The molecule has 36 heavy (non-hydrogen) atoms. The van der Waals surface area contributed by atoms with Crippen LogP contribution in [0.15, 0.2) is 57.4 Å². The van der Waals surface area contributed by atoms with Crippen LogP contribution in [0.2, 0.25) is 0 Å². The lowest BCUT2D eigenvalue weighted by Gasteiger charge is -2.65. The summed E-state index contributed by atoms with van der Waals surface area (Å²) in [4.78, 5) is 25.5. The number of hydrogen-bond donors (Lipinski definition) is 3. The quantitative estimate of drug-likeness (QED) is 0.459. The third-order valence-electron chi connectivity index (χ3n) is 10.7. The molecule has 194 valence electrons. The largest absolute Gasteiger partial charge is 0.504 e. The number of ether oxygens (including phenoxy) is 1. The minimum Gasteiger partial charge on any atom is -0.504 e. The summed E-state index contributed by atoms with van der Waals surface area (Å²) < 4.78 is 5.10. The Morgan fingerprint density at radius 2 is 1.69 bits per heavy atom. The molecule has 5 aliphatic carbocycles. The fourth-order valence-electron chi connectivity index (χ4n) is 8.57. The molecular weight excluding hydrogens is 456 g/mol. The number of carbonyl (C=O) groups is 2. The van der Waals surface area contributed by atoms with E-state index < -0.39 is 29.0 Å². The van der Waals surface area contributed by atoms with E-state index in [1.54, 1.807) is 19.9 Å². The van der Waals surface area contributed by atoms with E-state index in [4.69, 9.17) is 4.74 Å². The molecule has 7 atom stereocenters. The summed E-state index contributed by atoms with van der Waals surface area (Å²) in [6, 6.07) is 0. The van der Waals surface area contributed by atoms with Gasteiger partial charge in [0.2, 0.25) is 5.78 Å². The molecule has 0 aromatic heterocycles. The van der Waals surface area contributed by atoms with E-state index in [2.05, 4.69) is 26.8 Å². The van der Waals surface area contributed by atoms with Crippen LogP contribution in [-0.4, -0.2) is 46.4 Å². The number of hydrogen-bond acceptors (Lipinski definition) is 6. The number of aliphatic hydroxyl groups excluding tert-OH is 3. The molecule has 3 N–H and O–H groups in total. The first kappa shape index (κ1) is 25.2. The number of fused-ring (bicyclic) bond motifs is 7. The molecule has 2 fully saturated rings. The van der Waals surface area contributed by atoms with E-state index in [1.807, 2.05) is 13.0 Å². The van der Waals surface area contributed by atoms with Gasteiger partial charge in [0, 0.05) is 16.4 Å². The third-order valence-corrected chi connectivity index (χ3v) is 10.7. The van der Waals surface area contributed by atoms with Gasteiger partial charge in [-0.3, -0.25) is 9.59 Å². The summed E-state index contributed by atoms with van der Waals surface area (Å²) in [6.45, 7) is 12.1. The van der Waals surface area contributed by atoms with Crippen molar-refractivity contribution in [1.29, 1.82) is 0 Å². The van der Waals surface area contributed by atoms with E-state index in [0.717, 1.165) is 24.0 Å². The molecule has 0 spiro atoms. The van der Waals surface area contributed by atoms with E-state index >= 15 is 0 Å². The maximum absolute atomic E-state index is 12.9. The van der Waals surface area contributed by atoms with Gasteiger partial charge in [0.1, 0.15) is 0 Å². The zero-order chi connectivity index (χ0) is 26.6. The molecule has 0 bridgehead atoms. The van der Waals surface area contributed by atoms with Crippen LogP contribution in [0.4, 0.5) is 0 Å². The van der Waals surface area contributed by atoms with Crippen LogP contribution in [0.3, 0.4) is 0 Å². The van der Waals surface area contributed by atoms with Crippen LogP contribution in [0, 0.1) is 27.6 Å². The van der Waals surface area contributed by atoms with E-state index in [1.165, 1.54) is 23.8 Å². The van der Waals surface area contributed by atoms with Gasteiger partial charge in [0.05, 0.1) is 24.7 Å². The third kappa shape index (κ3) is 2.86. The molecule has 0 aliphatic heterocycles. The first-order valence-electron chi connectivity index (χ1n) is 12.9. The summed E-state index contributed by atoms with van der Waals surface area (Å²) in [5.41, 5.74) is 3.56. The molecule has 0 amide bonds. The van der Waals surface area contributed by atoms with E-state index in [9.17, 15) is 24.9 Å². The molecule has 0 heterocycles. The highest BCUT2D eigenvalue weighted by Crippen LogP contribution is 2.70. The van der Waals surface area contributed by atoms with Crippen LogP contribution in [0.1, 0.15) is 67.2 Å². The molecule has 1 unspecified atom stereocenters. The van der Waals surface area contributed by atoms with Crippen LogP contribution < -0.4 is 0 Å². The van der Waals surface area contributed by atoms with Crippen molar-refractivity contribution in [2.45, 2.75) is 79.4 Å². The summed E-state index contributed by atoms with van der Waals surface area (Å²) >= 11 is 0. The van der Waals surface area contributed by atoms with Crippen molar-refractivity contribution in [2.24, 2.45) is 27.6 Å². The maximum Gasteiger partial charge on any atom is 0.314 e. The molecule has 5 rings (SSSR count). The molecule has 5 aliphatic rings. The number of carbonyl (C=O) groups excluding carboxylic acids is 2. The Kier molecular flexibility index (Phi) is 5.29. The Hall–Kier alpha value is -2.44. The van der Waals surface area contributed by atoms with Gasteiger partial charge < -0.3 is 20.1 Å². The second kappa shape index (κ2) is 7.55. The maximum atomic E-state index is 12.9. The molecule has 0 aromatic carbocycles.